The number of nitrogens with zero attached hydrogens (tertiary/aromatic N) is 3. The highest BCUT2D eigenvalue weighted by Crippen LogP contribution is 2.37. The number of halogens is 4. The number of ketones is 3. The number of β-amino-alcohol motifs (C(OH)–C–C–N with tert-alkyl or cyclic N) is 1. The molecule has 2 N–H and O–H groups in total. The predicted octanol–water partition coefficient (Wildman–Crippen LogP) is 11.2. The van der Waals surface area contributed by atoms with Crippen LogP contribution >= 0.6 is 22.9 Å². The summed E-state index contributed by atoms with van der Waals surface area (Å²) in [5.74, 6) is -0.406. The minimum Gasteiger partial charge on any atom is -0.457 e. The number of Topliss-reactive ketones (excluding diaryl/α,β-unsaturated/α-hetero) is 3. The van der Waals surface area contributed by atoms with E-state index in [4.69, 9.17) is 44.8 Å². The van der Waals surface area contributed by atoms with E-state index in [-0.39, 0.29) is 85.8 Å². The summed E-state index contributed by atoms with van der Waals surface area (Å²) in [4.78, 5) is 64.3. The van der Waals surface area contributed by atoms with Crippen molar-refractivity contribution >= 4 is 46.2 Å². The fraction of sp³-hybridized carbons (Fsp3) is 0.492. The Morgan fingerprint density at radius 3 is 1.92 bits per heavy atom. The highest BCUT2D eigenvalue weighted by molar-refractivity contribution is 7.13. The molecule has 3 heterocycles. The van der Waals surface area contributed by atoms with Gasteiger partial charge in [-0.2, -0.15) is 13.2 Å². The van der Waals surface area contributed by atoms with Crippen molar-refractivity contribution in [1.82, 2.24) is 20.2 Å². The number of aromatic nitrogens is 2. The van der Waals surface area contributed by atoms with Gasteiger partial charge in [-0.25, -0.2) is 4.98 Å². The maximum atomic E-state index is 14.2. The Bertz CT molecular complexity index is 2900. The molecule has 0 radical (unpaired) electrons. The van der Waals surface area contributed by atoms with Crippen LogP contribution in [0.4, 0.5) is 13.2 Å². The molecular weight excluding hydrogens is 1130 g/mol. The SMILES string of the molecule is C=C(N[C@@H](C)c1ccc(-c2scnc2C)cc1)[C@@H]1C[C@@H](O)CN1C(=O)[C@H](CC(=O)CCOCCOCCOCCOCCOCCOCCCC(=O)c1cc(Oc2ccc(CC(=O)Cc3ccc(Cl)c(C(F)(F)F)c3)cc2)ccn1)C(C)(C)C. The Kier molecular flexibility index (Phi) is 26.9. The molecule has 4 atom stereocenters. The number of pyridine rings is 1. The Morgan fingerprint density at radius 2 is 1.33 bits per heavy atom. The summed E-state index contributed by atoms with van der Waals surface area (Å²) >= 11 is 7.30. The molecule has 0 spiro atoms. The van der Waals surface area contributed by atoms with Gasteiger partial charge < -0.3 is 48.5 Å². The van der Waals surface area contributed by atoms with Gasteiger partial charge >= 0.3 is 6.18 Å². The van der Waals surface area contributed by atoms with Gasteiger partial charge in [0, 0.05) is 81.6 Å². The average molecular weight is 1210 g/mol. The van der Waals surface area contributed by atoms with Crippen LogP contribution in [0.1, 0.15) is 104 Å². The van der Waals surface area contributed by atoms with E-state index in [1.807, 2.05) is 40.1 Å². The molecular formula is C63H78ClF3N4O12S. The normalized spacial score (nSPS) is 15.2. The van der Waals surface area contributed by atoms with Crippen LogP contribution in [-0.2, 0) is 61.8 Å². The summed E-state index contributed by atoms with van der Waals surface area (Å²) in [6.45, 7) is 18.6. The second-order valence-electron chi connectivity index (χ2n) is 21.6. The molecule has 16 nitrogen and oxygen atoms in total. The van der Waals surface area contributed by atoms with E-state index in [1.165, 1.54) is 12.3 Å². The zero-order valence-corrected chi connectivity index (χ0v) is 50.1. The summed E-state index contributed by atoms with van der Waals surface area (Å²) in [5.41, 5.74) is 5.31. The van der Waals surface area contributed by atoms with Crippen LogP contribution < -0.4 is 10.1 Å². The van der Waals surface area contributed by atoms with Crippen molar-refractivity contribution in [3.63, 3.8) is 0 Å². The lowest BCUT2D eigenvalue weighted by Crippen LogP contribution is -2.47. The van der Waals surface area contributed by atoms with Gasteiger partial charge in [-0.05, 0) is 78.3 Å². The number of amides is 1. The maximum Gasteiger partial charge on any atom is 0.417 e. The molecule has 1 aliphatic heterocycles. The van der Waals surface area contributed by atoms with E-state index in [9.17, 15) is 37.5 Å². The van der Waals surface area contributed by atoms with E-state index in [1.54, 1.807) is 52.6 Å². The highest BCUT2D eigenvalue weighted by Gasteiger charge is 2.43. The lowest BCUT2D eigenvalue weighted by molar-refractivity contribution is -0.142. The Hall–Kier alpha value is -5.94. The van der Waals surface area contributed by atoms with Crippen LogP contribution in [0.3, 0.4) is 0 Å². The molecule has 1 saturated heterocycles. The number of aliphatic hydroxyl groups excluding tert-OH is 1. The number of alkyl halides is 3. The van der Waals surface area contributed by atoms with Gasteiger partial charge in [0.1, 0.15) is 28.8 Å². The first-order chi connectivity index (χ1) is 40.2. The van der Waals surface area contributed by atoms with Crippen LogP contribution in [-0.4, -0.2) is 141 Å². The lowest BCUT2D eigenvalue weighted by Gasteiger charge is -2.36. The number of aryl methyl sites for hydroxylation is 1. The van der Waals surface area contributed by atoms with E-state index in [0.717, 1.165) is 33.8 Å². The van der Waals surface area contributed by atoms with Crippen molar-refractivity contribution in [2.45, 2.75) is 104 Å². The first-order valence-electron chi connectivity index (χ1n) is 28.2. The standard InChI is InChI=1S/C63H78ClF3N4O12S/c1-42(47-12-14-48(15-13-47)60-44(3)69-41-84-60)70-43(2)58-38-51(74)40-71(58)61(76)55(62(4,5)6)37-49(72)20-23-78-25-27-80-29-31-82-33-32-81-30-28-79-26-24-77-22-7-8-59(75)57-39-53(19-21-68-57)83-52-16-9-45(10-17-52)34-50(73)35-46-11-18-56(64)54(36-46)63(65,66)67/h9-19,21,36,39,41-42,51,55,58,70,74H,2,7-8,20,22-35,37-38,40H2,1,3-6H3/t42-,51+,55-,58-/m0/s1. The number of hydrogen-bond acceptors (Lipinski definition) is 16. The molecule has 0 bridgehead atoms. The number of hydrogen-bond donors (Lipinski definition) is 2. The molecule has 1 amide bonds. The van der Waals surface area contributed by atoms with Gasteiger partial charge in [-0.15, -0.1) is 11.3 Å². The van der Waals surface area contributed by atoms with Crippen molar-refractivity contribution < 1.29 is 70.6 Å². The molecule has 0 unspecified atom stereocenters. The number of ether oxygens (including phenoxy) is 7. The van der Waals surface area contributed by atoms with Crippen LogP contribution in [0.25, 0.3) is 10.4 Å². The number of rotatable bonds is 37. The molecule has 5 aromatic rings. The third-order valence-electron chi connectivity index (χ3n) is 14.0. The summed E-state index contributed by atoms with van der Waals surface area (Å²) in [6, 6.07) is 21.1. The molecule has 84 heavy (non-hydrogen) atoms. The lowest BCUT2D eigenvalue weighted by atomic mass is 9.76. The van der Waals surface area contributed by atoms with Gasteiger partial charge in [0.2, 0.25) is 5.91 Å². The van der Waals surface area contributed by atoms with Gasteiger partial charge in [0.15, 0.2) is 5.78 Å². The van der Waals surface area contributed by atoms with Crippen LogP contribution in [0.5, 0.6) is 11.5 Å². The molecule has 3 aromatic carbocycles. The predicted molar refractivity (Wildman–Crippen MR) is 314 cm³/mol. The van der Waals surface area contributed by atoms with Gasteiger partial charge in [0.25, 0.3) is 0 Å². The summed E-state index contributed by atoms with van der Waals surface area (Å²) < 4.78 is 79.1. The van der Waals surface area contributed by atoms with Crippen molar-refractivity contribution in [3.05, 3.63) is 142 Å². The van der Waals surface area contributed by atoms with Crippen LogP contribution in [0, 0.1) is 18.3 Å². The highest BCUT2D eigenvalue weighted by atomic mass is 35.5. The average Bonchev–Trinajstić information content (AvgIpc) is 3.64. The van der Waals surface area contributed by atoms with Gasteiger partial charge in [0.05, 0.1) is 111 Å². The zero-order valence-electron chi connectivity index (χ0n) is 48.5. The summed E-state index contributed by atoms with van der Waals surface area (Å²) in [5, 5.41) is 13.8. The topological polar surface area (TPSA) is 194 Å². The minimum absolute atomic E-state index is 0.0182. The van der Waals surface area contributed by atoms with E-state index in [2.05, 4.69) is 46.1 Å². The number of likely N-dealkylation sites (tertiary alicyclic amines) is 1. The Balaban J connectivity index is 0.729. The van der Waals surface area contributed by atoms with Crippen molar-refractivity contribution in [1.29, 1.82) is 0 Å². The molecule has 1 aliphatic rings. The number of nitrogens with one attached hydrogen (secondary N) is 1. The minimum atomic E-state index is -4.62. The molecule has 21 heteroatoms. The van der Waals surface area contributed by atoms with Crippen molar-refractivity contribution in [2.75, 3.05) is 85.8 Å². The fourth-order valence-electron chi connectivity index (χ4n) is 9.35. The Labute approximate surface area is 499 Å². The number of benzene rings is 3. The molecule has 456 valence electrons. The number of thiazole rings is 1. The molecule has 0 aliphatic carbocycles. The summed E-state index contributed by atoms with van der Waals surface area (Å²) in [6.07, 6.45) is -2.70. The fourth-order valence-corrected chi connectivity index (χ4v) is 10.4. The molecule has 2 aromatic heterocycles. The zero-order chi connectivity index (χ0) is 60.7. The van der Waals surface area contributed by atoms with Crippen molar-refractivity contribution in [3.8, 4) is 21.9 Å². The third kappa shape index (κ3) is 22.2. The number of carbonyl (C=O) groups is 4. The molecule has 0 saturated carbocycles. The van der Waals surface area contributed by atoms with E-state index < -0.39 is 40.2 Å². The maximum absolute atomic E-state index is 14.2. The second kappa shape index (κ2) is 33.7. The van der Waals surface area contributed by atoms with Crippen LogP contribution in [0.15, 0.2) is 103 Å². The first-order valence-corrected chi connectivity index (χ1v) is 29.5. The number of carbonyl (C=O) groups excluding carboxylic acids is 4. The third-order valence-corrected chi connectivity index (χ3v) is 15.3. The monoisotopic (exact) mass is 1210 g/mol. The van der Waals surface area contributed by atoms with Crippen molar-refractivity contribution in [2.24, 2.45) is 11.3 Å². The largest absolute Gasteiger partial charge is 0.457 e. The van der Waals surface area contributed by atoms with Gasteiger partial charge in [-0.3, -0.25) is 24.2 Å². The molecule has 1 fully saturated rings. The van der Waals surface area contributed by atoms with Gasteiger partial charge in [-0.1, -0.05) is 81.4 Å². The Morgan fingerprint density at radius 1 is 0.750 bits per heavy atom. The quantitative estimate of drug-likeness (QED) is 0.0281. The molecule has 6 rings (SSSR count). The second-order valence-corrected chi connectivity index (χ2v) is 22.9. The summed E-state index contributed by atoms with van der Waals surface area (Å²) in [7, 11) is 0. The van der Waals surface area contributed by atoms with E-state index in [0.29, 0.717) is 108 Å². The number of aliphatic hydroxyl groups is 1. The first kappa shape index (κ1) is 67.2. The van der Waals surface area contributed by atoms with Crippen LogP contribution in [0.2, 0.25) is 5.02 Å². The van der Waals surface area contributed by atoms with E-state index >= 15 is 0 Å². The smallest absolute Gasteiger partial charge is 0.417 e.